The largest absolute Gasteiger partial charge is 0.391 e. The summed E-state index contributed by atoms with van der Waals surface area (Å²) in [6.45, 7) is 4.58. The Bertz CT molecular complexity index is 365. The van der Waals surface area contributed by atoms with Gasteiger partial charge in [0.2, 0.25) is 0 Å². The number of nitrogens with zero attached hydrogens (tertiary/aromatic N) is 1. The Morgan fingerprint density at radius 2 is 2.35 bits per heavy atom. The molecule has 0 aromatic carbocycles. The first-order valence-electron chi connectivity index (χ1n) is 5.65. The van der Waals surface area contributed by atoms with Gasteiger partial charge in [0.25, 0.3) is 5.91 Å². The Kier molecular flexibility index (Phi) is 5.54. The second-order valence-electron chi connectivity index (χ2n) is 4.19. The van der Waals surface area contributed by atoms with E-state index in [9.17, 15) is 9.90 Å². The highest BCUT2D eigenvalue weighted by Gasteiger charge is 2.14. The van der Waals surface area contributed by atoms with Gasteiger partial charge in [0.15, 0.2) is 0 Å². The van der Waals surface area contributed by atoms with E-state index in [1.165, 1.54) is 11.3 Å². The highest BCUT2D eigenvalue weighted by atomic mass is 32.1. The Morgan fingerprint density at radius 1 is 1.65 bits per heavy atom. The maximum atomic E-state index is 11.7. The Hall–Kier alpha value is -0.980. The summed E-state index contributed by atoms with van der Waals surface area (Å²) in [6.07, 6.45) is 0.160. The summed E-state index contributed by atoms with van der Waals surface area (Å²) < 4.78 is 0. The maximum Gasteiger partial charge on any atom is 0.270 e. The molecule has 6 heteroatoms. The molecule has 1 aromatic heterocycles. The van der Waals surface area contributed by atoms with Gasteiger partial charge in [-0.1, -0.05) is 13.8 Å². The number of carbonyl (C=O) groups is 1. The second-order valence-corrected chi connectivity index (χ2v) is 5.13. The fourth-order valence-corrected chi connectivity index (χ4v) is 1.97. The third-order valence-corrected chi connectivity index (χ3v) is 3.29. The molecule has 0 spiro atoms. The lowest BCUT2D eigenvalue weighted by Crippen LogP contribution is -2.34. The van der Waals surface area contributed by atoms with Crippen LogP contribution < -0.4 is 11.1 Å². The van der Waals surface area contributed by atoms with Crippen molar-refractivity contribution in [3.8, 4) is 0 Å². The van der Waals surface area contributed by atoms with Crippen molar-refractivity contribution in [2.24, 2.45) is 11.7 Å². The minimum absolute atomic E-state index is 0.124. The normalized spacial score (nSPS) is 12.8. The Labute approximate surface area is 105 Å². The Morgan fingerprint density at radius 3 is 2.94 bits per heavy atom. The maximum absolute atomic E-state index is 11.7. The average Bonchev–Trinajstić information content (AvgIpc) is 2.74. The van der Waals surface area contributed by atoms with E-state index in [0.29, 0.717) is 18.7 Å². The van der Waals surface area contributed by atoms with E-state index in [1.54, 1.807) is 5.38 Å². The van der Waals surface area contributed by atoms with Crippen LogP contribution >= 0.6 is 11.3 Å². The van der Waals surface area contributed by atoms with Gasteiger partial charge in [0, 0.05) is 18.3 Å². The van der Waals surface area contributed by atoms with Crippen LogP contribution in [0.25, 0.3) is 0 Å². The molecule has 1 aromatic rings. The van der Waals surface area contributed by atoms with E-state index in [2.05, 4.69) is 10.3 Å². The minimum atomic E-state index is -0.527. The summed E-state index contributed by atoms with van der Waals surface area (Å²) in [4.78, 5) is 15.8. The summed E-state index contributed by atoms with van der Waals surface area (Å²) in [7, 11) is 0. The average molecular weight is 257 g/mol. The monoisotopic (exact) mass is 257 g/mol. The molecule has 0 radical (unpaired) electrons. The lowest BCUT2D eigenvalue weighted by Gasteiger charge is -2.14. The predicted octanol–water partition coefficient (Wildman–Crippen LogP) is 0.391. The molecule has 0 saturated heterocycles. The smallest absolute Gasteiger partial charge is 0.270 e. The van der Waals surface area contributed by atoms with Gasteiger partial charge in [-0.05, 0) is 12.5 Å². The predicted molar refractivity (Wildman–Crippen MR) is 68.1 cm³/mol. The van der Waals surface area contributed by atoms with Gasteiger partial charge in [-0.2, -0.15) is 0 Å². The molecule has 0 aliphatic rings. The zero-order valence-corrected chi connectivity index (χ0v) is 11.0. The van der Waals surface area contributed by atoms with Gasteiger partial charge >= 0.3 is 0 Å². The number of carbonyl (C=O) groups excluding carboxylic acids is 1. The Balaban J connectivity index is 2.46. The van der Waals surface area contributed by atoms with E-state index in [4.69, 9.17) is 5.73 Å². The number of aliphatic hydroxyl groups is 1. The van der Waals surface area contributed by atoms with E-state index < -0.39 is 6.10 Å². The van der Waals surface area contributed by atoms with E-state index in [0.717, 1.165) is 5.01 Å². The number of rotatable bonds is 6. The summed E-state index contributed by atoms with van der Waals surface area (Å²) in [5.74, 6) is -0.122. The van der Waals surface area contributed by atoms with E-state index >= 15 is 0 Å². The van der Waals surface area contributed by atoms with Crippen LogP contribution in [0.1, 0.15) is 29.3 Å². The molecular formula is C11H19N3O2S. The second kappa shape index (κ2) is 6.68. The molecule has 0 aliphatic carbocycles. The zero-order chi connectivity index (χ0) is 12.8. The molecule has 1 rings (SSSR count). The third kappa shape index (κ3) is 4.41. The number of hydrogen-bond acceptors (Lipinski definition) is 5. The van der Waals surface area contributed by atoms with Crippen LogP contribution in [-0.2, 0) is 6.42 Å². The molecule has 96 valence electrons. The van der Waals surface area contributed by atoms with Crippen LogP contribution in [0.15, 0.2) is 5.38 Å². The molecule has 5 nitrogen and oxygen atoms in total. The van der Waals surface area contributed by atoms with Gasteiger partial charge in [-0.3, -0.25) is 4.79 Å². The number of nitrogens with two attached hydrogens (primary N) is 1. The SMILES string of the molecule is CC(C)C(O)CNC(=O)c1csc(CCN)n1. The standard InChI is InChI=1S/C11H19N3O2S/c1-7(2)9(15)5-13-11(16)8-6-17-10(14-8)3-4-12/h6-7,9,15H,3-5,12H2,1-2H3,(H,13,16). The van der Waals surface area contributed by atoms with Crippen molar-refractivity contribution in [1.82, 2.24) is 10.3 Å². The van der Waals surface area contributed by atoms with Gasteiger partial charge in [0.1, 0.15) is 5.69 Å². The lowest BCUT2D eigenvalue weighted by molar-refractivity contribution is 0.0867. The number of hydrogen-bond donors (Lipinski definition) is 3. The molecule has 1 unspecified atom stereocenters. The lowest BCUT2D eigenvalue weighted by atomic mass is 10.1. The fraction of sp³-hybridized carbons (Fsp3) is 0.636. The summed E-state index contributed by atoms with van der Waals surface area (Å²) in [5.41, 5.74) is 5.81. The van der Waals surface area contributed by atoms with Crippen molar-refractivity contribution in [1.29, 1.82) is 0 Å². The van der Waals surface area contributed by atoms with Crippen molar-refractivity contribution in [2.75, 3.05) is 13.1 Å². The summed E-state index contributed by atoms with van der Waals surface area (Å²) in [5, 5.41) is 14.8. The highest BCUT2D eigenvalue weighted by Crippen LogP contribution is 2.10. The van der Waals surface area contributed by atoms with Crippen LogP contribution in [0.4, 0.5) is 0 Å². The molecule has 1 amide bonds. The van der Waals surface area contributed by atoms with Crippen molar-refractivity contribution in [3.63, 3.8) is 0 Å². The van der Waals surface area contributed by atoms with Crippen molar-refractivity contribution in [2.45, 2.75) is 26.4 Å². The molecule has 1 heterocycles. The molecule has 0 saturated carbocycles. The first kappa shape index (κ1) is 14.1. The van der Waals surface area contributed by atoms with Crippen LogP contribution in [0.5, 0.6) is 0 Å². The van der Waals surface area contributed by atoms with Crippen LogP contribution in [0.2, 0.25) is 0 Å². The number of amides is 1. The van der Waals surface area contributed by atoms with E-state index in [1.807, 2.05) is 13.8 Å². The van der Waals surface area contributed by atoms with Gasteiger partial charge < -0.3 is 16.2 Å². The quantitative estimate of drug-likeness (QED) is 0.688. The summed E-state index contributed by atoms with van der Waals surface area (Å²) in [6, 6.07) is 0. The van der Waals surface area contributed by atoms with Crippen molar-refractivity contribution in [3.05, 3.63) is 16.1 Å². The van der Waals surface area contributed by atoms with E-state index in [-0.39, 0.29) is 18.4 Å². The van der Waals surface area contributed by atoms with Gasteiger partial charge in [-0.15, -0.1) is 11.3 Å². The van der Waals surface area contributed by atoms with Gasteiger partial charge in [0.05, 0.1) is 11.1 Å². The molecular weight excluding hydrogens is 238 g/mol. The first-order valence-corrected chi connectivity index (χ1v) is 6.53. The topological polar surface area (TPSA) is 88.2 Å². The minimum Gasteiger partial charge on any atom is -0.391 e. The molecule has 0 bridgehead atoms. The van der Waals surface area contributed by atoms with Crippen LogP contribution in [-0.4, -0.2) is 35.2 Å². The van der Waals surface area contributed by atoms with Crippen LogP contribution in [0.3, 0.4) is 0 Å². The first-order chi connectivity index (χ1) is 8.04. The van der Waals surface area contributed by atoms with Gasteiger partial charge in [-0.25, -0.2) is 4.98 Å². The molecule has 0 fully saturated rings. The zero-order valence-electron chi connectivity index (χ0n) is 10.1. The van der Waals surface area contributed by atoms with Crippen LogP contribution in [0, 0.1) is 5.92 Å². The highest BCUT2D eigenvalue weighted by molar-refractivity contribution is 7.09. The van der Waals surface area contributed by atoms with Crippen molar-refractivity contribution < 1.29 is 9.90 Å². The third-order valence-electron chi connectivity index (χ3n) is 2.38. The number of nitrogens with one attached hydrogen (secondary N) is 1. The fourth-order valence-electron chi connectivity index (χ4n) is 1.18. The number of thiazole rings is 1. The molecule has 17 heavy (non-hydrogen) atoms. The molecule has 4 N–H and O–H groups in total. The molecule has 1 atom stereocenters. The van der Waals surface area contributed by atoms with Crippen molar-refractivity contribution >= 4 is 17.2 Å². The number of aromatic nitrogens is 1. The summed E-state index contributed by atoms with van der Waals surface area (Å²) >= 11 is 1.43. The number of aliphatic hydroxyl groups excluding tert-OH is 1. The molecule has 0 aliphatic heterocycles.